The maximum absolute atomic E-state index is 12.3. The van der Waals surface area contributed by atoms with E-state index in [0.717, 1.165) is 22.5 Å². The number of benzene rings is 1. The molecule has 114 valence electrons. The lowest BCUT2D eigenvalue weighted by Gasteiger charge is -2.04. The van der Waals surface area contributed by atoms with E-state index in [0.29, 0.717) is 26.3 Å². The summed E-state index contributed by atoms with van der Waals surface area (Å²) in [6.45, 7) is 2.73. The molecule has 0 fully saturated rings. The van der Waals surface area contributed by atoms with Gasteiger partial charge in [0, 0.05) is 16.2 Å². The zero-order valence-electron chi connectivity index (χ0n) is 11.8. The Morgan fingerprint density at radius 1 is 1.45 bits per heavy atom. The number of carbonyl (C=O) groups is 1. The molecule has 0 saturated heterocycles. The van der Waals surface area contributed by atoms with Crippen LogP contribution in [0.1, 0.15) is 24.6 Å². The molecule has 1 amide bonds. The average Bonchev–Trinajstić information content (AvgIpc) is 2.93. The van der Waals surface area contributed by atoms with Gasteiger partial charge in [-0.1, -0.05) is 29.3 Å². The highest BCUT2D eigenvalue weighted by molar-refractivity contribution is 9.10. The molecule has 0 spiro atoms. The Kier molecular flexibility index (Phi) is 4.29. The minimum Gasteiger partial charge on any atom is -0.493 e. The van der Waals surface area contributed by atoms with Crippen molar-refractivity contribution in [3.05, 3.63) is 42.1 Å². The van der Waals surface area contributed by atoms with Crippen molar-refractivity contribution in [1.29, 1.82) is 0 Å². The Labute approximate surface area is 144 Å². The van der Waals surface area contributed by atoms with Gasteiger partial charge in [0.15, 0.2) is 3.95 Å². The van der Waals surface area contributed by atoms with Gasteiger partial charge in [0.25, 0.3) is 5.91 Å². The van der Waals surface area contributed by atoms with E-state index in [-0.39, 0.29) is 11.8 Å². The van der Waals surface area contributed by atoms with Gasteiger partial charge in [-0.25, -0.2) is 4.99 Å². The van der Waals surface area contributed by atoms with Gasteiger partial charge in [0.05, 0.1) is 10.9 Å². The van der Waals surface area contributed by atoms with Crippen molar-refractivity contribution in [3.63, 3.8) is 0 Å². The Balaban J connectivity index is 2.24. The fourth-order valence-corrected chi connectivity index (χ4v) is 4.13. The summed E-state index contributed by atoms with van der Waals surface area (Å²) in [7, 11) is 0. The first-order valence-corrected chi connectivity index (χ1v) is 8.90. The minimum atomic E-state index is -0.331. The molecule has 1 aliphatic rings. The van der Waals surface area contributed by atoms with E-state index in [1.165, 1.54) is 11.3 Å². The third-order valence-electron chi connectivity index (χ3n) is 3.49. The van der Waals surface area contributed by atoms with Gasteiger partial charge in [0.1, 0.15) is 4.88 Å². The Morgan fingerprint density at radius 3 is 2.95 bits per heavy atom. The maximum atomic E-state index is 12.3. The van der Waals surface area contributed by atoms with Crippen LogP contribution in [0, 0.1) is 3.95 Å². The molecule has 0 aliphatic carbocycles. The highest BCUT2D eigenvalue weighted by Crippen LogP contribution is 2.32. The number of halogens is 1. The quantitative estimate of drug-likeness (QED) is 0.808. The van der Waals surface area contributed by atoms with Crippen LogP contribution in [0.15, 0.2) is 27.7 Å². The number of hydrogen-bond donors (Lipinski definition) is 1. The van der Waals surface area contributed by atoms with Crippen LogP contribution < -0.4 is 10.6 Å². The van der Waals surface area contributed by atoms with Crippen molar-refractivity contribution in [2.24, 2.45) is 4.99 Å². The lowest BCUT2D eigenvalue weighted by Crippen LogP contribution is -2.22. The molecule has 0 bridgehead atoms. The smallest absolute Gasteiger partial charge is 0.279 e. The van der Waals surface area contributed by atoms with Gasteiger partial charge in [-0.05, 0) is 36.8 Å². The molecule has 3 rings (SSSR count). The van der Waals surface area contributed by atoms with Crippen molar-refractivity contribution >= 4 is 51.0 Å². The van der Waals surface area contributed by atoms with Crippen LogP contribution in [-0.2, 0) is 11.3 Å². The lowest BCUT2D eigenvalue weighted by atomic mass is 10.1. The highest BCUT2D eigenvalue weighted by Gasteiger charge is 2.25. The standard InChI is InChI=1S/C15H13BrN2O2S2/c1-2-3-6-18-14(20)12(22-15(18)21)11-9-7-8(16)4-5-10(9)17-13(11)19/h4-5,7,20H,2-3,6H2,1H3. The maximum Gasteiger partial charge on any atom is 0.279 e. The van der Waals surface area contributed by atoms with E-state index in [9.17, 15) is 9.90 Å². The molecule has 2 aromatic rings. The summed E-state index contributed by atoms with van der Waals surface area (Å²) in [5.41, 5.74) is 0.431. The number of carbonyl (C=O) groups excluding carboxylic acids is 1. The first kappa shape index (κ1) is 15.6. The van der Waals surface area contributed by atoms with E-state index in [4.69, 9.17) is 12.2 Å². The van der Waals surface area contributed by atoms with Gasteiger partial charge >= 0.3 is 0 Å². The summed E-state index contributed by atoms with van der Waals surface area (Å²) in [6.07, 6.45) is 1.93. The van der Waals surface area contributed by atoms with Gasteiger partial charge in [-0.15, -0.1) is 11.3 Å². The summed E-state index contributed by atoms with van der Waals surface area (Å²) in [5, 5.41) is 11.8. The van der Waals surface area contributed by atoms with Gasteiger partial charge in [-0.2, -0.15) is 0 Å². The van der Waals surface area contributed by atoms with Crippen molar-refractivity contribution in [2.45, 2.75) is 26.3 Å². The lowest BCUT2D eigenvalue weighted by molar-refractivity contribution is -0.112. The number of nitrogens with zero attached hydrogens (tertiary/aromatic N) is 2. The zero-order chi connectivity index (χ0) is 15.9. The van der Waals surface area contributed by atoms with E-state index < -0.39 is 0 Å². The molecule has 22 heavy (non-hydrogen) atoms. The number of unbranched alkanes of at least 4 members (excludes halogenated alkanes) is 1. The molecule has 1 aliphatic heterocycles. The van der Waals surface area contributed by atoms with Crippen molar-refractivity contribution in [2.75, 3.05) is 0 Å². The Hall–Kier alpha value is -1.31. The largest absolute Gasteiger partial charge is 0.493 e. The third kappa shape index (κ3) is 2.57. The topological polar surface area (TPSA) is 54.6 Å². The molecule has 1 N–H and O–H groups in total. The normalized spacial score (nSPS) is 13.4. The second-order valence-corrected chi connectivity index (χ2v) is 7.54. The van der Waals surface area contributed by atoms with Crippen LogP contribution in [0.3, 0.4) is 0 Å². The third-order valence-corrected chi connectivity index (χ3v) is 5.44. The summed E-state index contributed by atoms with van der Waals surface area (Å²) in [5.74, 6) is -0.267. The van der Waals surface area contributed by atoms with Gasteiger partial charge < -0.3 is 5.11 Å². The number of fused-ring (bicyclic) bond motifs is 1. The number of hydrogen-bond acceptors (Lipinski definition) is 4. The van der Waals surface area contributed by atoms with Crippen molar-refractivity contribution < 1.29 is 9.90 Å². The van der Waals surface area contributed by atoms with E-state index in [1.807, 2.05) is 12.1 Å². The molecule has 2 heterocycles. The van der Waals surface area contributed by atoms with Gasteiger partial charge in [-0.3, -0.25) is 9.36 Å². The zero-order valence-corrected chi connectivity index (χ0v) is 15.0. The molecule has 0 saturated carbocycles. The summed E-state index contributed by atoms with van der Waals surface area (Å²) in [4.78, 5) is 16.8. The van der Waals surface area contributed by atoms with Crippen LogP contribution >= 0.6 is 39.5 Å². The average molecular weight is 397 g/mol. The van der Waals surface area contributed by atoms with E-state index >= 15 is 0 Å². The molecular formula is C15H13BrN2O2S2. The predicted molar refractivity (Wildman–Crippen MR) is 92.2 cm³/mol. The van der Waals surface area contributed by atoms with Crippen LogP contribution in [0.2, 0.25) is 0 Å². The number of amides is 1. The fourth-order valence-electron chi connectivity index (χ4n) is 2.38. The van der Waals surface area contributed by atoms with Crippen LogP contribution in [0.5, 0.6) is 5.88 Å². The van der Waals surface area contributed by atoms with Crippen LogP contribution in [0.4, 0.5) is 0 Å². The summed E-state index contributed by atoms with van der Waals surface area (Å²) in [6, 6.07) is 5.47. The summed E-state index contributed by atoms with van der Waals surface area (Å²) < 4.78 is 3.13. The molecular weight excluding hydrogens is 384 g/mol. The number of aromatic nitrogens is 1. The first-order valence-electron chi connectivity index (χ1n) is 6.88. The van der Waals surface area contributed by atoms with E-state index in [2.05, 4.69) is 27.8 Å². The molecule has 7 heteroatoms. The predicted octanol–water partition coefficient (Wildman–Crippen LogP) is 2.91. The molecule has 0 unspecified atom stereocenters. The van der Waals surface area contributed by atoms with E-state index in [1.54, 1.807) is 10.6 Å². The van der Waals surface area contributed by atoms with Crippen LogP contribution in [-0.4, -0.2) is 15.6 Å². The van der Waals surface area contributed by atoms with Crippen molar-refractivity contribution in [3.8, 4) is 5.88 Å². The highest BCUT2D eigenvalue weighted by atomic mass is 79.9. The number of thiazole rings is 1. The number of rotatable bonds is 4. The fraction of sp³-hybridized carbons (Fsp3) is 0.267. The second-order valence-electron chi connectivity index (χ2n) is 4.98. The van der Waals surface area contributed by atoms with Crippen molar-refractivity contribution in [1.82, 2.24) is 4.57 Å². The SMILES string of the molecule is CCCCn1c(O)c(C2=c3cc(Br)ccc3=NC2=O)sc1=S. The second kappa shape index (κ2) is 6.06. The molecule has 0 radical (unpaired) electrons. The molecule has 1 aromatic carbocycles. The molecule has 1 aromatic heterocycles. The first-order chi connectivity index (χ1) is 10.5. The minimum absolute atomic E-state index is 0.0647. The number of aromatic hydroxyl groups is 1. The molecule has 4 nitrogen and oxygen atoms in total. The Morgan fingerprint density at radius 2 is 2.23 bits per heavy atom. The monoisotopic (exact) mass is 396 g/mol. The Bertz CT molecular complexity index is 943. The molecule has 0 atom stereocenters. The summed E-state index contributed by atoms with van der Waals surface area (Å²) >= 11 is 9.99. The van der Waals surface area contributed by atoms with Crippen LogP contribution in [0.25, 0.3) is 5.57 Å². The van der Waals surface area contributed by atoms with Gasteiger partial charge in [0.2, 0.25) is 5.88 Å².